The van der Waals surface area contributed by atoms with Gasteiger partial charge < -0.3 is 19.7 Å². The number of carbonyl (C=O) groups excluding carboxylic acids is 2. The van der Waals surface area contributed by atoms with Crippen LogP contribution in [0.5, 0.6) is 5.75 Å². The lowest BCUT2D eigenvalue weighted by Gasteiger charge is -2.16. The van der Waals surface area contributed by atoms with Gasteiger partial charge in [0.25, 0.3) is 5.91 Å². The average Bonchev–Trinajstić information content (AvgIpc) is 2.61. The average molecular weight is 378 g/mol. The zero-order valence-corrected chi connectivity index (χ0v) is 15.7. The third kappa shape index (κ3) is 5.21. The van der Waals surface area contributed by atoms with E-state index in [1.54, 1.807) is 43.5 Å². The van der Waals surface area contributed by atoms with Gasteiger partial charge in [-0.25, -0.2) is 4.79 Å². The molecule has 0 aliphatic rings. The smallest absolute Gasteiger partial charge is 0.339 e. The number of esters is 1. The van der Waals surface area contributed by atoms with Crippen molar-refractivity contribution in [2.24, 2.45) is 0 Å². The van der Waals surface area contributed by atoms with Crippen molar-refractivity contribution in [1.82, 2.24) is 0 Å². The summed E-state index contributed by atoms with van der Waals surface area (Å²) in [5.74, 6) is 0.0234. The van der Waals surface area contributed by atoms with Gasteiger partial charge in [0.1, 0.15) is 12.3 Å². The van der Waals surface area contributed by atoms with Gasteiger partial charge in [0.05, 0.1) is 32.5 Å². The van der Waals surface area contributed by atoms with Crippen LogP contribution in [0.1, 0.15) is 15.9 Å². The number of halogens is 1. The SMILES string of the molecule is COC(=O)c1ccccc1NC(=O)C[NH+](C)Cc1cc(Cl)ccc1OC. The molecule has 2 rings (SSSR count). The van der Waals surface area contributed by atoms with Crippen LogP contribution in [0.3, 0.4) is 0 Å². The Hall–Kier alpha value is -2.57. The number of hydrogen-bond donors (Lipinski definition) is 2. The number of carbonyl (C=O) groups is 2. The highest BCUT2D eigenvalue weighted by Gasteiger charge is 2.17. The summed E-state index contributed by atoms with van der Waals surface area (Å²) in [4.78, 5) is 25.1. The normalized spacial score (nSPS) is 11.5. The first-order chi connectivity index (χ1) is 12.4. The molecule has 0 spiro atoms. The minimum absolute atomic E-state index is 0.208. The predicted octanol–water partition coefficient (Wildman–Crippen LogP) is 1.79. The van der Waals surface area contributed by atoms with Crippen LogP contribution in [-0.2, 0) is 16.1 Å². The number of anilines is 1. The molecule has 2 aromatic rings. The molecule has 138 valence electrons. The monoisotopic (exact) mass is 377 g/mol. The minimum atomic E-state index is -0.495. The largest absolute Gasteiger partial charge is 0.496 e. The molecular weight excluding hydrogens is 356 g/mol. The van der Waals surface area contributed by atoms with Crippen LogP contribution in [0.2, 0.25) is 5.02 Å². The van der Waals surface area contributed by atoms with Crippen molar-refractivity contribution >= 4 is 29.2 Å². The number of likely N-dealkylation sites (N-methyl/N-ethyl adjacent to an activating group) is 1. The van der Waals surface area contributed by atoms with E-state index in [0.717, 1.165) is 16.2 Å². The summed E-state index contributed by atoms with van der Waals surface area (Å²) in [6.45, 7) is 0.779. The Balaban J connectivity index is 2.02. The third-order valence-corrected chi connectivity index (χ3v) is 4.04. The molecule has 1 atom stereocenters. The molecule has 0 saturated carbocycles. The molecule has 0 radical (unpaired) electrons. The molecule has 0 saturated heterocycles. The number of para-hydroxylation sites is 1. The van der Waals surface area contributed by atoms with Crippen LogP contribution in [0.4, 0.5) is 5.69 Å². The van der Waals surface area contributed by atoms with Crippen molar-refractivity contribution in [2.45, 2.75) is 6.54 Å². The maximum Gasteiger partial charge on any atom is 0.339 e. The molecule has 0 aromatic heterocycles. The van der Waals surface area contributed by atoms with E-state index in [4.69, 9.17) is 21.1 Å². The summed E-state index contributed by atoms with van der Waals surface area (Å²) in [6.07, 6.45) is 0. The number of methoxy groups -OCH3 is 2. The van der Waals surface area contributed by atoms with Gasteiger partial charge in [-0.05, 0) is 30.3 Å². The molecule has 0 aliphatic carbocycles. The van der Waals surface area contributed by atoms with Crippen molar-refractivity contribution in [3.8, 4) is 5.75 Å². The van der Waals surface area contributed by atoms with Crippen LogP contribution in [0.25, 0.3) is 0 Å². The number of hydrogen-bond acceptors (Lipinski definition) is 4. The molecule has 2 N–H and O–H groups in total. The van der Waals surface area contributed by atoms with E-state index in [1.807, 2.05) is 13.1 Å². The lowest BCUT2D eigenvalue weighted by Crippen LogP contribution is -3.08. The second-order valence-corrected chi connectivity index (χ2v) is 6.29. The van der Waals surface area contributed by atoms with Crippen molar-refractivity contribution in [1.29, 1.82) is 0 Å². The first-order valence-electron chi connectivity index (χ1n) is 8.05. The van der Waals surface area contributed by atoms with Gasteiger partial charge >= 0.3 is 5.97 Å². The molecule has 26 heavy (non-hydrogen) atoms. The van der Waals surface area contributed by atoms with Crippen LogP contribution < -0.4 is 15.0 Å². The molecule has 0 fully saturated rings. The summed E-state index contributed by atoms with van der Waals surface area (Å²) in [5.41, 5.74) is 1.66. The Bertz CT molecular complexity index is 795. The first kappa shape index (κ1) is 19.8. The summed E-state index contributed by atoms with van der Waals surface area (Å²) >= 11 is 6.04. The molecular formula is C19H22ClN2O4+. The highest BCUT2D eigenvalue weighted by molar-refractivity contribution is 6.30. The van der Waals surface area contributed by atoms with E-state index < -0.39 is 5.97 Å². The van der Waals surface area contributed by atoms with Gasteiger partial charge in [-0.2, -0.15) is 0 Å². The van der Waals surface area contributed by atoms with E-state index in [0.29, 0.717) is 22.8 Å². The Morgan fingerprint density at radius 3 is 2.58 bits per heavy atom. The number of nitrogens with one attached hydrogen (secondary N) is 2. The number of quaternary nitrogens is 1. The number of amides is 1. The zero-order chi connectivity index (χ0) is 19.1. The molecule has 2 aromatic carbocycles. The molecule has 1 unspecified atom stereocenters. The van der Waals surface area contributed by atoms with E-state index in [2.05, 4.69) is 5.32 Å². The van der Waals surface area contributed by atoms with E-state index >= 15 is 0 Å². The Kier molecular flexibility index (Phi) is 7.00. The fourth-order valence-corrected chi connectivity index (χ4v) is 2.82. The van der Waals surface area contributed by atoms with Gasteiger partial charge in [0, 0.05) is 10.6 Å². The topological polar surface area (TPSA) is 69.1 Å². The van der Waals surface area contributed by atoms with Crippen LogP contribution in [0, 0.1) is 0 Å². The maximum absolute atomic E-state index is 12.4. The highest BCUT2D eigenvalue weighted by Crippen LogP contribution is 2.21. The second-order valence-electron chi connectivity index (χ2n) is 5.85. The van der Waals surface area contributed by atoms with Crippen molar-refractivity contribution < 1.29 is 24.0 Å². The zero-order valence-electron chi connectivity index (χ0n) is 15.0. The van der Waals surface area contributed by atoms with Gasteiger partial charge in [-0.3, -0.25) is 4.79 Å². The minimum Gasteiger partial charge on any atom is -0.496 e. The first-order valence-corrected chi connectivity index (χ1v) is 8.43. The van der Waals surface area contributed by atoms with Gasteiger partial charge in [-0.15, -0.1) is 0 Å². The van der Waals surface area contributed by atoms with Crippen LogP contribution >= 0.6 is 11.6 Å². The highest BCUT2D eigenvalue weighted by atomic mass is 35.5. The number of benzene rings is 2. The number of rotatable bonds is 7. The Morgan fingerprint density at radius 2 is 1.88 bits per heavy atom. The second kappa shape index (κ2) is 9.22. The Morgan fingerprint density at radius 1 is 1.15 bits per heavy atom. The quantitative estimate of drug-likeness (QED) is 0.722. The fraction of sp³-hybridized carbons (Fsp3) is 0.263. The molecule has 7 heteroatoms. The fourth-order valence-electron chi connectivity index (χ4n) is 2.62. The predicted molar refractivity (Wildman–Crippen MR) is 99.9 cm³/mol. The van der Waals surface area contributed by atoms with E-state index in [-0.39, 0.29) is 12.5 Å². The standard InChI is InChI=1S/C19H21ClN2O4/c1-22(11-13-10-14(20)8-9-17(13)25-2)12-18(23)21-16-7-5-4-6-15(16)19(24)26-3/h4-10H,11-12H2,1-3H3,(H,21,23)/p+1. The van der Waals surface area contributed by atoms with Gasteiger partial charge in [0.2, 0.25) is 0 Å². The maximum atomic E-state index is 12.4. The van der Waals surface area contributed by atoms with Crippen molar-refractivity contribution in [2.75, 3.05) is 33.1 Å². The van der Waals surface area contributed by atoms with Crippen LogP contribution in [-0.4, -0.2) is 39.7 Å². The summed E-state index contributed by atoms with van der Waals surface area (Å²) < 4.78 is 10.1. The van der Waals surface area contributed by atoms with E-state index in [9.17, 15) is 9.59 Å². The van der Waals surface area contributed by atoms with Crippen molar-refractivity contribution in [3.63, 3.8) is 0 Å². The number of ether oxygens (including phenoxy) is 2. The lowest BCUT2D eigenvalue weighted by molar-refractivity contribution is -0.885. The van der Waals surface area contributed by atoms with E-state index in [1.165, 1.54) is 7.11 Å². The molecule has 0 heterocycles. The van der Waals surface area contributed by atoms with Gasteiger partial charge in [0.15, 0.2) is 6.54 Å². The lowest BCUT2D eigenvalue weighted by atomic mass is 10.1. The third-order valence-electron chi connectivity index (χ3n) is 3.80. The summed E-state index contributed by atoms with van der Waals surface area (Å²) in [7, 11) is 4.79. The van der Waals surface area contributed by atoms with Crippen molar-refractivity contribution in [3.05, 3.63) is 58.6 Å². The summed E-state index contributed by atoms with van der Waals surface area (Å²) in [6, 6.07) is 12.1. The molecule has 6 nitrogen and oxygen atoms in total. The molecule has 1 amide bonds. The Labute approximate surface area is 157 Å². The molecule has 0 aliphatic heterocycles. The van der Waals surface area contributed by atoms with Crippen LogP contribution in [0.15, 0.2) is 42.5 Å². The molecule has 0 bridgehead atoms. The van der Waals surface area contributed by atoms with Gasteiger partial charge in [-0.1, -0.05) is 23.7 Å². The summed E-state index contributed by atoms with van der Waals surface area (Å²) in [5, 5.41) is 3.38.